The number of carbonyl (C=O) groups is 1. The van der Waals surface area contributed by atoms with Crippen molar-refractivity contribution in [3.63, 3.8) is 0 Å². The number of methoxy groups -OCH3 is 2. The molecule has 0 saturated carbocycles. The van der Waals surface area contributed by atoms with Gasteiger partial charge in [-0.15, -0.1) is 11.8 Å². The number of aliphatic hydroxyl groups is 1. The second-order valence-electron chi connectivity index (χ2n) is 8.46. The van der Waals surface area contributed by atoms with E-state index in [9.17, 15) is 9.90 Å². The van der Waals surface area contributed by atoms with Crippen LogP contribution in [0.5, 0.6) is 23.0 Å². The molecule has 2 unspecified atom stereocenters. The van der Waals surface area contributed by atoms with Crippen molar-refractivity contribution in [2.24, 2.45) is 0 Å². The number of rotatable bonds is 8. The number of hydrogen-bond acceptors (Lipinski definition) is 7. The number of aliphatic hydroxyl groups excluding tert-OH is 1. The minimum absolute atomic E-state index is 0.317. The predicted octanol–water partition coefficient (Wildman–Crippen LogP) is 4.60. The van der Waals surface area contributed by atoms with Crippen LogP contribution in [0, 0.1) is 0 Å². The van der Waals surface area contributed by atoms with Crippen LogP contribution in [0.25, 0.3) is 0 Å². The topological polar surface area (TPSA) is 71.5 Å². The van der Waals surface area contributed by atoms with Crippen molar-refractivity contribution in [2.45, 2.75) is 16.2 Å². The standard InChI is InChI=1S/C27H30N2O5S/c1-28(2)15-16-29-23-14-13-22(34-21-11-9-20(33-4)10-12-21)17-24(23)35-26(25(30)27(29)31)18-5-7-19(32-3)8-6-18/h5-14,17,25-26,30H,15-16H2,1-4H3. The third-order valence-corrected chi connectivity index (χ3v) is 7.16. The van der Waals surface area contributed by atoms with Crippen molar-refractivity contribution in [1.82, 2.24) is 4.90 Å². The summed E-state index contributed by atoms with van der Waals surface area (Å²) in [5.74, 6) is 2.48. The molecule has 1 amide bonds. The Hall–Kier alpha value is -3.20. The number of likely N-dealkylation sites (N-methyl/N-ethyl adjacent to an activating group) is 1. The molecule has 3 aromatic rings. The molecule has 0 spiro atoms. The molecule has 0 fully saturated rings. The summed E-state index contributed by atoms with van der Waals surface area (Å²) < 4.78 is 16.6. The van der Waals surface area contributed by atoms with Gasteiger partial charge in [0.1, 0.15) is 29.1 Å². The fourth-order valence-electron chi connectivity index (χ4n) is 3.84. The Kier molecular flexibility index (Phi) is 7.85. The predicted molar refractivity (Wildman–Crippen MR) is 138 cm³/mol. The summed E-state index contributed by atoms with van der Waals surface area (Å²) in [4.78, 5) is 18.0. The van der Waals surface area contributed by atoms with E-state index in [4.69, 9.17) is 14.2 Å². The van der Waals surface area contributed by atoms with Gasteiger partial charge in [0.05, 0.1) is 25.2 Å². The number of amides is 1. The van der Waals surface area contributed by atoms with Gasteiger partial charge in [-0.25, -0.2) is 0 Å². The molecule has 1 aliphatic heterocycles. The minimum atomic E-state index is -1.20. The lowest BCUT2D eigenvalue weighted by molar-refractivity contribution is -0.126. The van der Waals surface area contributed by atoms with Gasteiger partial charge in [-0.05, 0) is 74.3 Å². The number of benzene rings is 3. The maximum atomic E-state index is 13.4. The van der Waals surface area contributed by atoms with Gasteiger partial charge in [-0.2, -0.15) is 0 Å². The van der Waals surface area contributed by atoms with E-state index >= 15 is 0 Å². The van der Waals surface area contributed by atoms with Crippen LogP contribution in [0.1, 0.15) is 10.8 Å². The molecule has 184 valence electrons. The zero-order chi connectivity index (χ0) is 24.9. The highest BCUT2D eigenvalue weighted by Crippen LogP contribution is 2.47. The molecule has 0 radical (unpaired) electrons. The smallest absolute Gasteiger partial charge is 0.257 e. The molecule has 0 saturated heterocycles. The van der Waals surface area contributed by atoms with E-state index < -0.39 is 11.4 Å². The quantitative estimate of drug-likeness (QED) is 0.491. The van der Waals surface area contributed by atoms with Crippen LogP contribution in [-0.4, -0.2) is 63.4 Å². The molecule has 3 aromatic carbocycles. The van der Waals surface area contributed by atoms with Crippen molar-refractivity contribution in [1.29, 1.82) is 0 Å². The lowest BCUT2D eigenvalue weighted by atomic mass is 10.1. The summed E-state index contributed by atoms with van der Waals surface area (Å²) in [5.41, 5.74) is 1.61. The number of nitrogens with zero attached hydrogens (tertiary/aromatic N) is 2. The van der Waals surface area contributed by atoms with Gasteiger partial charge in [0.2, 0.25) is 0 Å². The first kappa shape index (κ1) is 24.9. The van der Waals surface area contributed by atoms with Crippen molar-refractivity contribution >= 4 is 23.4 Å². The number of anilines is 1. The summed E-state index contributed by atoms with van der Waals surface area (Å²) in [5, 5.41) is 10.7. The summed E-state index contributed by atoms with van der Waals surface area (Å²) in [6.45, 7) is 1.13. The zero-order valence-electron chi connectivity index (χ0n) is 20.3. The molecule has 0 aromatic heterocycles. The first-order valence-electron chi connectivity index (χ1n) is 11.3. The molecule has 8 heteroatoms. The summed E-state index contributed by atoms with van der Waals surface area (Å²) in [6.07, 6.45) is -1.20. The van der Waals surface area contributed by atoms with Crippen LogP contribution in [0.4, 0.5) is 5.69 Å². The van der Waals surface area contributed by atoms with Crippen LogP contribution in [-0.2, 0) is 4.79 Å². The van der Waals surface area contributed by atoms with Crippen LogP contribution in [0.3, 0.4) is 0 Å². The molecule has 0 aliphatic carbocycles. The highest BCUT2D eigenvalue weighted by molar-refractivity contribution is 7.99. The van der Waals surface area contributed by atoms with E-state index in [1.165, 1.54) is 11.8 Å². The van der Waals surface area contributed by atoms with Gasteiger partial charge >= 0.3 is 0 Å². The fourth-order valence-corrected chi connectivity index (χ4v) is 5.13. The van der Waals surface area contributed by atoms with Crippen LogP contribution in [0.2, 0.25) is 0 Å². The Morgan fingerprint density at radius 1 is 0.886 bits per heavy atom. The Bertz CT molecular complexity index is 1150. The highest BCUT2D eigenvalue weighted by Gasteiger charge is 2.37. The normalized spacial score (nSPS) is 17.7. The van der Waals surface area contributed by atoms with Gasteiger partial charge in [0.15, 0.2) is 0 Å². The van der Waals surface area contributed by atoms with Crippen molar-refractivity contribution in [2.75, 3.05) is 46.3 Å². The molecule has 1 heterocycles. The zero-order valence-corrected chi connectivity index (χ0v) is 21.1. The number of thioether (sulfide) groups is 1. The molecule has 2 atom stereocenters. The highest BCUT2D eigenvalue weighted by atomic mass is 32.2. The van der Waals surface area contributed by atoms with Gasteiger partial charge in [-0.1, -0.05) is 12.1 Å². The summed E-state index contributed by atoms with van der Waals surface area (Å²) >= 11 is 1.46. The van der Waals surface area contributed by atoms with Crippen LogP contribution >= 0.6 is 11.8 Å². The molecular weight excluding hydrogens is 464 g/mol. The van der Waals surface area contributed by atoms with Crippen LogP contribution < -0.4 is 19.1 Å². The Labute approximate surface area is 210 Å². The summed E-state index contributed by atoms with van der Waals surface area (Å²) in [6, 6.07) is 20.5. The van der Waals surface area contributed by atoms with Gasteiger partial charge in [-0.3, -0.25) is 4.79 Å². The second-order valence-corrected chi connectivity index (χ2v) is 9.64. The molecule has 0 bridgehead atoms. The third-order valence-electron chi connectivity index (χ3n) is 5.79. The number of fused-ring (bicyclic) bond motifs is 1. The summed E-state index contributed by atoms with van der Waals surface area (Å²) in [7, 11) is 7.15. The average molecular weight is 495 g/mol. The minimum Gasteiger partial charge on any atom is -0.497 e. The second kappa shape index (κ2) is 11.0. The van der Waals surface area contributed by atoms with E-state index in [1.807, 2.05) is 85.7 Å². The Morgan fingerprint density at radius 2 is 1.46 bits per heavy atom. The van der Waals surface area contributed by atoms with Crippen LogP contribution in [0.15, 0.2) is 71.6 Å². The maximum Gasteiger partial charge on any atom is 0.257 e. The maximum absolute atomic E-state index is 13.4. The Morgan fingerprint density at radius 3 is 2.06 bits per heavy atom. The lowest BCUT2D eigenvalue weighted by Crippen LogP contribution is -2.43. The Balaban J connectivity index is 1.70. The van der Waals surface area contributed by atoms with Crippen molar-refractivity contribution in [3.8, 4) is 23.0 Å². The van der Waals surface area contributed by atoms with E-state index in [0.717, 1.165) is 27.6 Å². The fraction of sp³-hybridized carbons (Fsp3) is 0.296. The number of carbonyl (C=O) groups excluding carboxylic acids is 1. The third kappa shape index (κ3) is 5.73. The molecule has 7 nitrogen and oxygen atoms in total. The van der Waals surface area contributed by atoms with E-state index in [1.54, 1.807) is 19.1 Å². The molecule has 1 aliphatic rings. The molecule has 4 rings (SSSR count). The molecule has 35 heavy (non-hydrogen) atoms. The number of ether oxygens (including phenoxy) is 3. The van der Waals surface area contributed by atoms with Gasteiger partial charge < -0.3 is 29.1 Å². The molecule has 1 N–H and O–H groups in total. The first-order chi connectivity index (χ1) is 16.9. The van der Waals surface area contributed by atoms with Gasteiger partial charge in [0.25, 0.3) is 5.91 Å². The largest absolute Gasteiger partial charge is 0.497 e. The lowest BCUT2D eigenvalue weighted by Gasteiger charge is -2.26. The van der Waals surface area contributed by atoms with E-state index in [2.05, 4.69) is 0 Å². The van der Waals surface area contributed by atoms with E-state index in [0.29, 0.717) is 24.6 Å². The van der Waals surface area contributed by atoms with E-state index in [-0.39, 0.29) is 5.91 Å². The molecular formula is C27H30N2O5S. The van der Waals surface area contributed by atoms with Crippen molar-refractivity contribution in [3.05, 3.63) is 72.3 Å². The monoisotopic (exact) mass is 494 g/mol. The van der Waals surface area contributed by atoms with Crippen molar-refractivity contribution < 1.29 is 24.1 Å². The number of hydrogen-bond donors (Lipinski definition) is 1. The van der Waals surface area contributed by atoms with Gasteiger partial charge in [0, 0.05) is 18.0 Å². The first-order valence-corrected chi connectivity index (χ1v) is 12.2. The SMILES string of the molecule is COc1ccc(Oc2ccc3c(c2)SC(c2ccc(OC)cc2)C(O)C(=O)N3CCN(C)C)cc1. The average Bonchev–Trinajstić information content (AvgIpc) is 2.97.